The Balaban J connectivity index is 1.89. The fourth-order valence-electron chi connectivity index (χ4n) is 4.10. The number of halogens is 2. The number of hydrogen-bond acceptors (Lipinski definition) is 3. The third-order valence-corrected chi connectivity index (χ3v) is 6.26. The molecule has 2 aromatic carbocycles. The number of amides is 1. The predicted octanol–water partition coefficient (Wildman–Crippen LogP) is 4.01. The van der Waals surface area contributed by atoms with Crippen molar-refractivity contribution in [2.75, 3.05) is 12.8 Å². The van der Waals surface area contributed by atoms with Crippen molar-refractivity contribution in [1.82, 2.24) is 9.62 Å². The molecule has 1 aliphatic heterocycles. The Bertz CT molecular complexity index is 1040. The summed E-state index contributed by atoms with van der Waals surface area (Å²) in [6, 6.07) is 13.1. The fraction of sp³-hybridized carbons (Fsp3) is 0.435. The molecule has 1 amide bonds. The van der Waals surface area contributed by atoms with Crippen LogP contribution in [0.4, 0.5) is 8.78 Å². The number of hydrogen-bond donors (Lipinski definition) is 1. The van der Waals surface area contributed by atoms with Gasteiger partial charge in [0, 0.05) is 24.1 Å². The first-order chi connectivity index (χ1) is 14.5. The average Bonchev–Trinajstić information content (AvgIpc) is 3.08. The van der Waals surface area contributed by atoms with Crippen LogP contribution in [0.2, 0.25) is 0 Å². The summed E-state index contributed by atoms with van der Waals surface area (Å²) >= 11 is 0. The van der Waals surface area contributed by atoms with Gasteiger partial charge in [-0.1, -0.05) is 56.3 Å². The Labute approximate surface area is 182 Å². The van der Waals surface area contributed by atoms with E-state index >= 15 is 0 Å². The van der Waals surface area contributed by atoms with Gasteiger partial charge in [0.05, 0.1) is 12.3 Å². The zero-order chi connectivity index (χ0) is 22.8. The van der Waals surface area contributed by atoms with Gasteiger partial charge in [-0.3, -0.25) is 4.79 Å². The second-order valence-electron chi connectivity index (χ2n) is 8.37. The van der Waals surface area contributed by atoms with E-state index in [-0.39, 0.29) is 29.5 Å². The largest absolute Gasteiger partial charge is 0.337 e. The van der Waals surface area contributed by atoms with Crippen LogP contribution in [0.15, 0.2) is 48.5 Å². The van der Waals surface area contributed by atoms with Crippen LogP contribution in [-0.4, -0.2) is 44.1 Å². The molecule has 1 fully saturated rings. The third kappa shape index (κ3) is 5.89. The Morgan fingerprint density at radius 2 is 1.77 bits per heavy atom. The fourth-order valence-corrected chi connectivity index (χ4v) is 4.92. The molecule has 168 valence electrons. The number of alkyl halides is 2. The summed E-state index contributed by atoms with van der Waals surface area (Å²) in [6.45, 7) is 4.14. The second kappa shape index (κ2) is 9.44. The van der Waals surface area contributed by atoms with Gasteiger partial charge >= 0.3 is 0 Å². The lowest BCUT2D eigenvalue weighted by Crippen LogP contribution is -2.48. The van der Waals surface area contributed by atoms with Crippen molar-refractivity contribution in [1.29, 1.82) is 0 Å². The second-order valence-corrected chi connectivity index (χ2v) is 10.1. The van der Waals surface area contributed by atoms with Crippen LogP contribution < -0.4 is 4.72 Å². The van der Waals surface area contributed by atoms with Crippen LogP contribution in [-0.2, 0) is 21.2 Å². The molecule has 0 aliphatic carbocycles. The normalized spacial score (nSPS) is 19.4. The maximum atomic E-state index is 13.1. The van der Waals surface area contributed by atoms with E-state index < -0.39 is 16.4 Å². The van der Waals surface area contributed by atoms with Gasteiger partial charge in [0.25, 0.3) is 6.43 Å². The molecule has 1 N–H and O–H groups in total. The monoisotopic (exact) mass is 450 g/mol. The lowest BCUT2D eigenvalue weighted by Gasteiger charge is -2.30. The van der Waals surface area contributed by atoms with Gasteiger partial charge in [-0.2, -0.15) is 0 Å². The van der Waals surface area contributed by atoms with Crippen molar-refractivity contribution in [2.24, 2.45) is 5.92 Å². The first kappa shape index (κ1) is 23.3. The molecular weight excluding hydrogens is 422 g/mol. The Morgan fingerprint density at radius 1 is 1.13 bits per heavy atom. The van der Waals surface area contributed by atoms with Gasteiger partial charge in [-0.25, -0.2) is 21.9 Å². The molecule has 0 spiro atoms. The van der Waals surface area contributed by atoms with E-state index in [0.29, 0.717) is 24.9 Å². The molecule has 31 heavy (non-hydrogen) atoms. The molecule has 2 aromatic rings. The number of rotatable bonds is 7. The van der Waals surface area contributed by atoms with Crippen molar-refractivity contribution in [3.63, 3.8) is 0 Å². The standard InChI is InChI=1S/C23H28F2N2O3S/c1-15(2)23(28)27-11-10-20(26-31(3,29)30)21(27)13-16-6-4-7-17(12-16)18-8-5-9-19(14-18)22(24)25/h4-9,12,14-15,20-22,26H,10-11,13H2,1-3H3. The molecule has 2 atom stereocenters. The van der Waals surface area contributed by atoms with Crippen LogP contribution in [0.25, 0.3) is 11.1 Å². The van der Waals surface area contributed by atoms with Crippen molar-refractivity contribution in [2.45, 2.75) is 45.2 Å². The quantitative estimate of drug-likeness (QED) is 0.693. The van der Waals surface area contributed by atoms with Crippen molar-refractivity contribution in [3.8, 4) is 11.1 Å². The van der Waals surface area contributed by atoms with E-state index in [1.54, 1.807) is 17.0 Å². The van der Waals surface area contributed by atoms with Gasteiger partial charge in [-0.05, 0) is 35.6 Å². The minimum absolute atomic E-state index is 0.0106. The molecule has 5 nitrogen and oxygen atoms in total. The number of carbonyl (C=O) groups excluding carboxylic acids is 1. The maximum Gasteiger partial charge on any atom is 0.263 e. The minimum Gasteiger partial charge on any atom is -0.337 e. The SMILES string of the molecule is CC(C)C(=O)N1CCC(NS(C)(=O)=O)C1Cc1cccc(-c2cccc(C(F)F)c2)c1. The molecule has 1 aliphatic rings. The molecule has 3 rings (SSSR count). The van der Waals surface area contributed by atoms with Gasteiger partial charge in [0.1, 0.15) is 0 Å². The maximum absolute atomic E-state index is 13.1. The predicted molar refractivity (Wildman–Crippen MR) is 117 cm³/mol. The average molecular weight is 451 g/mol. The zero-order valence-corrected chi connectivity index (χ0v) is 18.7. The van der Waals surface area contributed by atoms with E-state index in [2.05, 4.69) is 4.72 Å². The van der Waals surface area contributed by atoms with Crippen molar-refractivity contribution < 1.29 is 22.0 Å². The Kier molecular flexibility index (Phi) is 7.11. The van der Waals surface area contributed by atoms with E-state index in [1.165, 1.54) is 12.1 Å². The van der Waals surface area contributed by atoms with Gasteiger partial charge in [0.15, 0.2) is 0 Å². The van der Waals surface area contributed by atoms with Gasteiger partial charge in [0.2, 0.25) is 15.9 Å². The summed E-state index contributed by atoms with van der Waals surface area (Å²) in [5.74, 6) is -0.202. The minimum atomic E-state index is -3.43. The molecule has 1 saturated heterocycles. The van der Waals surface area contributed by atoms with Crippen LogP contribution in [0, 0.1) is 5.92 Å². The topological polar surface area (TPSA) is 66.5 Å². The molecule has 1 heterocycles. The molecular formula is C23H28F2N2O3S. The summed E-state index contributed by atoms with van der Waals surface area (Å²) in [7, 11) is -3.43. The molecule has 0 saturated carbocycles. The lowest BCUT2D eigenvalue weighted by molar-refractivity contribution is -0.135. The van der Waals surface area contributed by atoms with Gasteiger partial charge < -0.3 is 4.90 Å². The van der Waals surface area contributed by atoms with Gasteiger partial charge in [-0.15, -0.1) is 0 Å². The summed E-state index contributed by atoms with van der Waals surface area (Å²) in [5, 5.41) is 0. The number of nitrogens with one attached hydrogen (secondary N) is 1. The van der Waals surface area contributed by atoms with E-state index in [9.17, 15) is 22.0 Å². The molecule has 0 radical (unpaired) electrons. The number of carbonyl (C=O) groups is 1. The van der Waals surface area contributed by atoms with E-state index in [0.717, 1.165) is 17.4 Å². The summed E-state index contributed by atoms with van der Waals surface area (Å²) in [5.41, 5.74) is 2.36. The smallest absolute Gasteiger partial charge is 0.263 e. The summed E-state index contributed by atoms with van der Waals surface area (Å²) in [6.07, 6.45) is -0.409. The highest BCUT2D eigenvalue weighted by atomic mass is 32.2. The summed E-state index contributed by atoms with van der Waals surface area (Å²) < 4.78 is 52.5. The molecule has 2 unspecified atom stereocenters. The zero-order valence-electron chi connectivity index (χ0n) is 17.9. The number of benzene rings is 2. The highest BCUT2D eigenvalue weighted by molar-refractivity contribution is 7.88. The Hall–Kier alpha value is -2.32. The number of likely N-dealkylation sites (tertiary alicyclic amines) is 1. The molecule has 0 bridgehead atoms. The highest BCUT2D eigenvalue weighted by Crippen LogP contribution is 2.29. The lowest BCUT2D eigenvalue weighted by atomic mass is 9.96. The Morgan fingerprint density at radius 3 is 2.39 bits per heavy atom. The number of sulfonamides is 1. The molecule has 8 heteroatoms. The van der Waals surface area contributed by atoms with Crippen molar-refractivity contribution in [3.05, 3.63) is 59.7 Å². The van der Waals surface area contributed by atoms with Crippen LogP contribution in [0.1, 0.15) is 37.8 Å². The van der Waals surface area contributed by atoms with Crippen LogP contribution in [0.3, 0.4) is 0 Å². The first-order valence-electron chi connectivity index (χ1n) is 10.3. The van der Waals surface area contributed by atoms with E-state index in [1.807, 2.05) is 38.1 Å². The highest BCUT2D eigenvalue weighted by Gasteiger charge is 2.38. The first-order valence-corrected chi connectivity index (χ1v) is 12.2. The van der Waals surface area contributed by atoms with Crippen LogP contribution >= 0.6 is 0 Å². The number of nitrogens with zero attached hydrogens (tertiary/aromatic N) is 1. The summed E-state index contributed by atoms with van der Waals surface area (Å²) in [4.78, 5) is 14.5. The van der Waals surface area contributed by atoms with Crippen molar-refractivity contribution >= 4 is 15.9 Å². The van der Waals surface area contributed by atoms with Crippen LogP contribution in [0.5, 0.6) is 0 Å². The van der Waals surface area contributed by atoms with E-state index in [4.69, 9.17) is 0 Å². The third-order valence-electron chi connectivity index (χ3n) is 5.53. The molecule has 0 aromatic heterocycles.